The fourth-order valence-corrected chi connectivity index (χ4v) is 5.12. The van der Waals surface area contributed by atoms with E-state index >= 15 is 0 Å². The van der Waals surface area contributed by atoms with Gasteiger partial charge in [-0.1, -0.05) is 43.0 Å². The van der Waals surface area contributed by atoms with Gasteiger partial charge in [0.05, 0.1) is 23.6 Å². The lowest BCUT2D eigenvalue weighted by molar-refractivity contribution is 0.435. The van der Waals surface area contributed by atoms with Gasteiger partial charge in [0.2, 0.25) is 4.80 Å². The van der Waals surface area contributed by atoms with Gasteiger partial charge in [-0.2, -0.15) is 5.10 Å². The van der Waals surface area contributed by atoms with Crippen LogP contribution >= 0.6 is 22.9 Å². The van der Waals surface area contributed by atoms with Crippen molar-refractivity contribution < 1.29 is 4.39 Å². The molecule has 0 radical (unpaired) electrons. The Kier molecular flexibility index (Phi) is 6.55. The molecule has 1 aliphatic rings. The van der Waals surface area contributed by atoms with Gasteiger partial charge in [-0.05, 0) is 66.9 Å². The van der Waals surface area contributed by atoms with Gasteiger partial charge in [-0.3, -0.25) is 4.99 Å². The SMILES string of the molecule is Fc1ccc(-c2ccc(/C=N/n3c(-c4ccc(Cl)cc4)csc3=NC3CCCCC3)[nH]2)cc1. The minimum atomic E-state index is -0.245. The lowest BCUT2D eigenvalue weighted by atomic mass is 9.96. The zero-order valence-electron chi connectivity index (χ0n) is 18.0. The van der Waals surface area contributed by atoms with E-state index < -0.39 is 0 Å². The fraction of sp³-hybridized carbons (Fsp3) is 0.231. The van der Waals surface area contributed by atoms with Crippen LogP contribution in [0.1, 0.15) is 37.8 Å². The zero-order chi connectivity index (χ0) is 22.6. The molecule has 0 unspecified atom stereocenters. The number of benzene rings is 2. The van der Waals surface area contributed by atoms with E-state index in [2.05, 4.69) is 10.4 Å². The predicted molar refractivity (Wildman–Crippen MR) is 134 cm³/mol. The molecule has 5 rings (SSSR count). The number of rotatable bonds is 5. The number of aromatic amines is 1. The van der Waals surface area contributed by atoms with E-state index in [9.17, 15) is 4.39 Å². The maximum atomic E-state index is 13.2. The molecule has 33 heavy (non-hydrogen) atoms. The standard InChI is InChI=1S/C26H24ClFN4S/c27-20-10-6-19(7-11-20)25-17-33-26(31-22-4-2-1-3-5-22)32(25)29-16-23-14-15-24(30-23)18-8-12-21(28)13-9-18/h6-17,22,30H,1-5H2/b29-16+,31-26?. The first-order valence-corrected chi connectivity index (χ1v) is 12.4. The highest BCUT2D eigenvalue weighted by Crippen LogP contribution is 2.24. The van der Waals surface area contributed by atoms with Crippen LogP contribution in [-0.4, -0.2) is 21.9 Å². The second-order valence-electron chi connectivity index (χ2n) is 8.22. The molecule has 0 saturated heterocycles. The topological polar surface area (TPSA) is 45.4 Å². The predicted octanol–water partition coefficient (Wildman–Crippen LogP) is 7.12. The number of nitrogens with zero attached hydrogens (tertiary/aromatic N) is 3. The average Bonchev–Trinajstić information content (AvgIpc) is 3.47. The molecule has 0 bridgehead atoms. The lowest BCUT2D eigenvalue weighted by Crippen LogP contribution is -2.19. The summed E-state index contributed by atoms with van der Waals surface area (Å²) < 4.78 is 15.2. The smallest absolute Gasteiger partial charge is 0.206 e. The number of H-pyrrole nitrogens is 1. The zero-order valence-corrected chi connectivity index (χ0v) is 19.6. The summed E-state index contributed by atoms with van der Waals surface area (Å²) in [4.78, 5) is 9.30. The quantitative estimate of drug-likeness (QED) is 0.297. The van der Waals surface area contributed by atoms with Gasteiger partial charge >= 0.3 is 0 Å². The normalized spacial score (nSPS) is 15.5. The molecule has 168 valence electrons. The number of thiazole rings is 1. The summed E-state index contributed by atoms with van der Waals surface area (Å²) in [5, 5.41) is 7.61. The van der Waals surface area contributed by atoms with Crippen molar-refractivity contribution in [1.82, 2.24) is 9.66 Å². The van der Waals surface area contributed by atoms with E-state index in [1.165, 1.54) is 31.4 Å². The monoisotopic (exact) mass is 478 g/mol. The molecule has 2 heterocycles. The van der Waals surface area contributed by atoms with E-state index in [1.54, 1.807) is 29.7 Å². The van der Waals surface area contributed by atoms with Crippen LogP contribution in [0.2, 0.25) is 5.02 Å². The third-order valence-electron chi connectivity index (χ3n) is 5.87. The van der Waals surface area contributed by atoms with E-state index in [4.69, 9.17) is 21.7 Å². The van der Waals surface area contributed by atoms with Crippen molar-refractivity contribution in [3.8, 4) is 22.5 Å². The first kappa shape index (κ1) is 21.9. The highest BCUT2D eigenvalue weighted by atomic mass is 35.5. The Labute approximate surface area is 201 Å². The number of nitrogens with one attached hydrogen (secondary N) is 1. The van der Waals surface area contributed by atoms with Crippen molar-refractivity contribution in [2.24, 2.45) is 10.1 Å². The van der Waals surface area contributed by atoms with Gasteiger partial charge in [0, 0.05) is 21.7 Å². The molecular weight excluding hydrogens is 455 g/mol. The Balaban J connectivity index is 1.49. The third kappa shape index (κ3) is 5.18. The van der Waals surface area contributed by atoms with Crippen LogP contribution in [-0.2, 0) is 0 Å². The molecule has 1 aliphatic carbocycles. The van der Waals surface area contributed by atoms with Crippen molar-refractivity contribution in [3.63, 3.8) is 0 Å². The highest BCUT2D eigenvalue weighted by molar-refractivity contribution is 7.07. The average molecular weight is 479 g/mol. The molecule has 0 atom stereocenters. The number of hydrogen-bond donors (Lipinski definition) is 1. The summed E-state index contributed by atoms with van der Waals surface area (Å²) in [7, 11) is 0. The van der Waals surface area contributed by atoms with Crippen LogP contribution in [0, 0.1) is 5.82 Å². The Hall–Kier alpha value is -2.96. The van der Waals surface area contributed by atoms with Crippen LogP contribution in [0.3, 0.4) is 0 Å². The Bertz CT molecular complexity index is 1310. The van der Waals surface area contributed by atoms with Gasteiger partial charge in [-0.25, -0.2) is 9.07 Å². The summed E-state index contributed by atoms with van der Waals surface area (Å²) in [6.07, 6.45) is 7.85. The van der Waals surface area contributed by atoms with Crippen LogP contribution in [0.15, 0.2) is 76.1 Å². The summed E-state index contributed by atoms with van der Waals surface area (Å²) in [6.45, 7) is 0. The molecule has 7 heteroatoms. The molecule has 2 aromatic carbocycles. The number of hydrogen-bond acceptors (Lipinski definition) is 3. The number of halogens is 2. The van der Waals surface area contributed by atoms with Crippen LogP contribution in [0.25, 0.3) is 22.5 Å². The van der Waals surface area contributed by atoms with Gasteiger partial charge < -0.3 is 4.98 Å². The molecule has 0 spiro atoms. The first-order valence-electron chi connectivity index (χ1n) is 11.2. The van der Waals surface area contributed by atoms with Gasteiger partial charge in [0.15, 0.2) is 0 Å². The first-order chi connectivity index (χ1) is 16.2. The Morgan fingerprint density at radius 3 is 2.42 bits per heavy atom. The molecular formula is C26H24ClFN4S. The minimum absolute atomic E-state index is 0.245. The van der Waals surface area contributed by atoms with Crippen molar-refractivity contribution >= 4 is 29.2 Å². The maximum Gasteiger partial charge on any atom is 0.206 e. The molecule has 1 N–H and O–H groups in total. The van der Waals surface area contributed by atoms with Crippen molar-refractivity contribution in [1.29, 1.82) is 0 Å². The summed E-state index contributed by atoms with van der Waals surface area (Å²) in [5.74, 6) is -0.245. The van der Waals surface area contributed by atoms with Crippen LogP contribution in [0.5, 0.6) is 0 Å². The molecule has 2 aromatic heterocycles. The molecule has 4 aromatic rings. The van der Waals surface area contributed by atoms with Crippen molar-refractivity contribution in [3.05, 3.63) is 87.4 Å². The maximum absolute atomic E-state index is 13.2. The van der Waals surface area contributed by atoms with Crippen molar-refractivity contribution in [2.75, 3.05) is 0 Å². The Morgan fingerprint density at radius 2 is 1.67 bits per heavy atom. The van der Waals surface area contributed by atoms with E-state index in [1.807, 2.05) is 41.1 Å². The van der Waals surface area contributed by atoms with E-state index in [0.717, 1.165) is 45.9 Å². The number of aromatic nitrogens is 2. The van der Waals surface area contributed by atoms with Crippen LogP contribution in [0.4, 0.5) is 4.39 Å². The fourth-order valence-electron chi connectivity index (χ4n) is 4.09. The van der Waals surface area contributed by atoms with E-state index in [-0.39, 0.29) is 5.82 Å². The summed E-state index contributed by atoms with van der Waals surface area (Å²) in [6, 6.07) is 18.5. The molecule has 4 nitrogen and oxygen atoms in total. The third-order valence-corrected chi connectivity index (χ3v) is 6.95. The van der Waals surface area contributed by atoms with Gasteiger partial charge in [0.25, 0.3) is 0 Å². The largest absolute Gasteiger partial charge is 0.354 e. The van der Waals surface area contributed by atoms with E-state index in [0.29, 0.717) is 11.1 Å². The molecule has 0 amide bonds. The van der Waals surface area contributed by atoms with Crippen LogP contribution < -0.4 is 4.80 Å². The molecule has 1 saturated carbocycles. The molecule has 1 fully saturated rings. The van der Waals surface area contributed by atoms with Gasteiger partial charge in [-0.15, -0.1) is 11.3 Å². The minimum Gasteiger partial charge on any atom is -0.354 e. The summed E-state index contributed by atoms with van der Waals surface area (Å²) >= 11 is 7.71. The van der Waals surface area contributed by atoms with Crippen molar-refractivity contribution in [2.45, 2.75) is 38.1 Å². The van der Waals surface area contributed by atoms with Gasteiger partial charge in [0.1, 0.15) is 5.82 Å². The summed E-state index contributed by atoms with van der Waals surface area (Å²) in [5.41, 5.74) is 4.72. The molecule has 0 aliphatic heterocycles. The second-order valence-corrected chi connectivity index (χ2v) is 9.49. The Morgan fingerprint density at radius 1 is 0.939 bits per heavy atom. The highest BCUT2D eigenvalue weighted by Gasteiger charge is 2.14. The second kappa shape index (κ2) is 9.89. The lowest BCUT2D eigenvalue weighted by Gasteiger charge is -2.16.